The molecule has 0 saturated carbocycles. The highest BCUT2D eigenvalue weighted by molar-refractivity contribution is 6.30. The van der Waals surface area contributed by atoms with Gasteiger partial charge < -0.3 is 9.73 Å². The Morgan fingerprint density at radius 1 is 1.03 bits per heavy atom. The van der Waals surface area contributed by atoms with Gasteiger partial charge >= 0.3 is 0 Å². The first-order valence-electron chi connectivity index (χ1n) is 10.1. The molecule has 0 unspecified atom stereocenters. The average molecular weight is 436 g/mol. The molecule has 7 heteroatoms. The van der Waals surface area contributed by atoms with Gasteiger partial charge in [0, 0.05) is 33.8 Å². The topological polar surface area (TPSA) is 83.7 Å². The number of benzene rings is 2. The van der Waals surface area contributed by atoms with E-state index in [4.69, 9.17) is 16.0 Å². The number of halogens is 1. The Morgan fingerprint density at radius 2 is 1.81 bits per heavy atom. The fraction of sp³-hybridized carbons (Fsp3) is 0.208. The van der Waals surface area contributed by atoms with Crippen molar-refractivity contribution < 1.29 is 14.0 Å². The van der Waals surface area contributed by atoms with E-state index in [1.165, 1.54) is 0 Å². The smallest absolute Gasteiger partial charge is 0.291 e. The molecule has 0 saturated heterocycles. The zero-order chi connectivity index (χ0) is 22.0. The number of rotatable bonds is 4. The van der Waals surface area contributed by atoms with E-state index in [-0.39, 0.29) is 17.6 Å². The number of amides is 2. The third kappa shape index (κ3) is 4.39. The summed E-state index contributed by atoms with van der Waals surface area (Å²) in [6.45, 7) is 3.72. The lowest BCUT2D eigenvalue weighted by molar-refractivity contribution is 0.0953. The minimum atomic E-state index is -0.329. The quantitative estimate of drug-likeness (QED) is 0.547. The second-order valence-corrected chi connectivity index (χ2v) is 7.92. The van der Waals surface area contributed by atoms with Crippen LogP contribution in [0.15, 0.2) is 58.0 Å². The van der Waals surface area contributed by atoms with Crippen LogP contribution < -0.4 is 10.7 Å². The molecule has 1 aromatic heterocycles. The summed E-state index contributed by atoms with van der Waals surface area (Å²) >= 11 is 6.00. The third-order valence-corrected chi connectivity index (χ3v) is 5.53. The van der Waals surface area contributed by atoms with Crippen LogP contribution in [0.25, 0.3) is 0 Å². The summed E-state index contributed by atoms with van der Waals surface area (Å²) < 4.78 is 5.92. The van der Waals surface area contributed by atoms with Crippen molar-refractivity contribution in [3.8, 4) is 0 Å². The molecule has 3 aromatic rings. The molecule has 0 bridgehead atoms. The monoisotopic (exact) mass is 435 g/mol. The Kier molecular flexibility index (Phi) is 5.91. The van der Waals surface area contributed by atoms with Crippen LogP contribution >= 0.6 is 11.6 Å². The van der Waals surface area contributed by atoms with Gasteiger partial charge in [0.2, 0.25) is 0 Å². The molecule has 1 aliphatic rings. The first kappa shape index (κ1) is 20.9. The molecule has 1 heterocycles. The summed E-state index contributed by atoms with van der Waals surface area (Å²) in [5.74, 6) is 0.361. The molecule has 2 N–H and O–H groups in total. The van der Waals surface area contributed by atoms with Gasteiger partial charge in [-0.1, -0.05) is 29.8 Å². The summed E-state index contributed by atoms with van der Waals surface area (Å²) in [4.78, 5) is 25.2. The maximum atomic E-state index is 12.9. The number of hydrogen-bond acceptors (Lipinski definition) is 4. The summed E-state index contributed by atoms with van der Waals surface area (Å²) in [6.07, 6.45) is 2.24. The molecular weight excluding hydrogens is 414 g/mol. The van der Waals surface area contributed by atoms with Gasteiger partial charge in [-0.3, -0.25) is 9.59 Å². The number of furan rings is 1. The number of anilines is 1. The van der Waals surface area contributed by atoms with Crippen LogP contribution in [-0.4, -0.2) is 17.5 Å². The zero-order valence-electron chi connectivity index (χ0n) is 17.3. The maximum Gasteiger partial charge on any atom is 0.291 e. The molecule has 2 aromatic carbocycles. The Balaban J connectivity index is 1.58. The van der Waals surface area contributed by atoms with E-state index in [1.54, 1.807) is 42.5 Å². The number of carbonyl (C=O) groups excluding carboxylic acids is 2. The van der Waals surface area contributed by atoms with E-state index in [9.17, 15) is 9.59 Å². The molecule has 0 atom stereocenters. The Hall–Kier alpha value is -3.38. The molecule has 0 fully saturated rings. The van der Waals surface area contributed by atoms with Gasteiger partial charge in [-0.05, 0) is 62.6 Å². The van der Waals surface area contributed by atoms with Crippen molar-refractivity contribution in [1.82, 2.24) is 5.43 Å². The van der Waals surface area contributed by atoms with E-state index in [2.05, 4.69) is 15.8 Å². The van der Waals surface area contributed by atoms with Crippen molar-refractivity contribution in [1.29, 1.82) is 0 Å². The lowest BCUT2D eigenvalue weighted by Gasteiger charge is -2.13. The van der Waals surface area contributed by atoms with Crippen molar-refractivity contribution in [2.24, 2.45) is 5.10 Å². The molecular formula is C24H22ClN3O3. The highest BCUT2D eigenvalue weighted by Gasteiger charge is 2.28. The molecule has 158 valence electrons. The summed E-state index contributed by atoms with van der Waals surface area (Å²) in [5.41, 5.74) is 6.92. The summed E-state index contributed by atoms with van der Waals surface area (Å²) in [7, 11) is 0. The minimum Gasteiger partial charge on any atom is -0.455 e. The molecule has 31 heavy (non-hydrogen) atoms. The molecule has 2 amide bonds. The van der Waals surface area contributed by atoms with Crippen molar-refractivity contribution >= 4 is 34.8 Å². The van der Waals surface area contributed by atoms with Crippen LogP contribution in [0.5, 0.6) is 0 Å². The van der Waals surface area contributed by atoms with Crippen LogP contribution in [0.1, 0.15) is 56.2 Å². The number of hydrogen-bond donors (Lipinski definition) is 2. The highest BCUT2D eigenvalue weighted by atomic mass is 35.5. The van der Waals surface area contributed by atoms with Crippen LogP contribution in [0.4, 0.5) is 5.69 Å². The molecule has 1 aliphatic carbocycles. The van der Waals surface area contributed by atoms with Crippen molar-refractivity contribution in [2.45, 2.75) is 33.1 Å². The molecule has 0 spiro atoms. The van der Waals surface area contributed by atoms with Gasteiger partial charge in [0.05, 0.1) is 5.71 Å². The second-order valence-electron chi connectivity index (χ2n) is 7.49. The van der Waals surface area contributed by atoms with Crippen molar-refractivity contribution in [2.75, 3.05) is 5.32 Å². The minimum absolute atomic E-state index is 0.253. The number of nitrogens with zero attached hydrogens (tertiary/aromatic N) is 1. The molecule has 0 aliphatic heterocycles. The van der Waals surface area contributed by atoms with Crippen LogP contribution in [-0.2, 0) is 6.42 Å². The Morgan fingerprint density at radius 3 is 2.55 bits per heavy atom. The standard InChI is InChI=1S/C24H22ClN3O3/c1-14-13-17(25)11-12-18(14)26-24(30)22-15(2)21-19(9-6-10-20(21)31-22)27-28-23(29)16-7-4-3-5-8-16/h3-5,7-8,11-13H,6,9-10H2,1-2H3,(H,26,30)(H,28,29)/b27-19+. The SMILES string of the molecule is Cc1cc(Cl)ccc1NC(=O)c1oc2c(c1C)/C(=N/NC(=O)c1ccccc1)CCC2. The molecule has 4 rings (SSSR count). The molecule has 0 radical (unpaired) electrons. The Labute approximate surface area is 185 Å². The Bertz CT molecular complexity index is 1180. The van der Waals surface area contributed by atoms with Crippen molar-refractivity contribution in [3.63, 3.8) is 0 Å². The van der Waals surface area contributed by atoms with Gasteiger partial charge in [0.15, 0.2) is 5.76 Å². The van der Waals surface area contributed by atoms with Gasteiger partial charge in [-0.15, -0.1) is 0 Å². The predicted octanol–water partition coefficient (Wildman–Crippen LogP) is 5.27. The number of carbonyl (C=O) groups is 2. The van der Waals surface area contributed by atoms with Crippen LogP contribution in [0.2, 0.25) is 5.02 Å². The van der Waals surface area contributed by atoms with Crippen LogP contribution in [0, 0.1) is 13.8 Å². The lowest BCUT2D eigenvalue weighted by Crippen LogP contribution is -2.22. The summed E-state index contributed by atoms with van der Waals surface area (Å²) in [5, 5.41) is 7.85. The van der Waals surface area contributed by atoms with E-state index in [0.717, 1.165) is 29.7 Å². The maximum absolute atomic E-state index is 12.9. The number of aryl methyl sites for hydroxylation is 2. The largest absolute Gasteiger partial charge is 0.455 e. The van der Waals surface area contributed by atoms with E-state index >= 15 is 0 Å². The van der Waals surface area contributed by atoms with Gasteiger partial charge in [0.25, 0.3) is 11.8 Å². The van der Waals surface area contributed by atoms with E-state index in [1.807, 2.05) is 19.9 Å². The molecule has 6 nitrogen and oxygen atoms in total. The van der Waals surface area contributed by atoms with Crippen molar-refractivity contribution in [3.05, 3.63) is 87.3 Å². The fourth-order valence-corrected chi connectivity index (χ4v) is 3.94. The second kappa shape index (κ2) is 8.78. The van der Waals surface area contributed by atoms with E-state index < -0.39 is 0 Å². The first-order valence-corrected chi connectivity index (χ1v) is 10.4. The summed E-state index contributed by atoms with van der Waals surface area (Å²) in [6, 6.07) is 14.2. The average Bonchev–Trinajstić information content (AvgIpc) is 3.12. The van der Waals surface area contributed by atoms with Gasteiger partial charge in [-0.25, -0.2) is 5.43 Å². The number of fused-ring (bicyclic) bond motifs is 1. The van der Waals surface area contributed by atoms with E-state index in [0.29, 0.717) is 34.0 Å². The first-order chi connectivity index (χ1) is 14.9. The van der Waals surface area contributed by atoms with Gasteiger partial charge in [-0.2, -0.15) is 5.10 Å². The zero-order valence-corrected chi connectivity index (χ0v) is 18.0. The number of nitrogens with one attached hydrogen (secondary N) is 2. The van der Waals surface area contributed by atoms with Crippen LogP contribution in [0.3, 0.4) is 0 Å². The lowest BCUT2D eigenvalue weighted by atomic mass is 9.93. The highest BCUT2D eigenvalue weighted by Crippen LogP contribution is 2.30. The third-order valence-electron chi connectivity index (χ3n) is 5.30. The fourth-order valence-electron chi connectivity index (χ4n) is 3.72. The van der Waals surface area contributed by atoms with Gasteiger partial charge in [0.1, 0.15) is 5.76 Å². The normalized spacial score (nSPS) is 14.2. The predicted molar refractivity (Wildman–Crippen MR) is 121 cm³/mol. The number of hydrazone groups is 1.